The Morgan fingerprint density at radius 1 is 0.628 bits per heavy atom. The fourth-order valence-electron chi connectivity index (χ4n) is 15.7. The molecular weight excluding hydrogens is 1030 g/mol. The van der Waals surface area contributed by atoms with E-state index >= 15 is 0 Å². The van der Waals surface area contributed by atoms with Gasteiger partial charge in [0.25, 0.3) is 0 Å². The second kappa shape index (κ2) is 23.9. The third-order valence-corrected chi connectivity index (χ3v) is 19.9. The third kappa shape index (κ3) is 11.4. The van der Waals surface area contributed by atoms with Crippen LogP contribution in [0.3, 0.4) is 0 Å². The summed E-state index contributed by atoms with van der Waals surface area (Å²) in [6.07, 6.45) is 18.9. The number of hydrogen-bond donors (Lipinski definition) is 4. The van der Waals surface area contributed by atoms with Gasteiger partial charge in [-0.05, 0) is 211 Å². The molecule has 0 radical (unpaired) electrons. The normalized spacial score (nSPS) is 25.1. The van der Waals surface area contributed by atoms with Crippen molar-refractivity contribution in [2.75, 3.05) is 28.4 Å². The minimum absolute atomic E-state index is 0.00661. The lowest BCUT2D eigenvalue weighted by Crippen LogP contribution is -2.53. The predicted molar refractivity (Wildman–Crippen MR) is 305 cm³/mol. The van der Waals surface area contributed by atoms with Crippen LogP contribution < -0.4 is 18.9 Å². The lowest BCUT2D eigenvalue weighted by Gasteiger charge is -2.61. The largest absolute Gasteiger partial charge is 0.496 e. The van der Waals surface area contributed by atoms with Crippen molar-refractivity contribution in [3.8, 4) is 34.1 Å². The number of ether oxygens (including phenoxy) is 4. The molecule has 12 nitrogen and oxygen atoms in total. The van der Waals surface area contributed by atoms with Crippen molar-refractivity contribution < 1.29 is 58.6 Å². The van der Waals surface area contributed by atoms with Gasteiger partial charge >= 0.3 is 23.9 Å². The number of carboxylic acid groups (broad SMARTS) is 4. The highest BCUT2D eigenvalue weighted by Gasteiger charge is 2.60. The lowest BCUT2D eigenvalue weighted by molar-refractivity contribution is -0.121. The number of carbonyl (C=O) groups is 4. The van der Waals surface area contributed by atoms with Gasteiger partial charge in [0.2, 0.25) is 0 Å². The zero-order chi connectivity index (χ0) is 56.5. The molecule has 8 rings (SSSR count). The summed E-state index contributed by atoms with van der Waals surface area (Å²) >= 11 is 13.2. The Bertz CT molecular complexity index is 2980. The van der Waals surface area contributed by atoms with E-state index in [0.717, 1.165) is 54.8 Å². The molecule has 0 amide bonds. The molecular formula is C64H78Cl2O12. The van der Waals surface area contributed by atoms with E-state index in [-0.39, 0.29) is 72.8 Å². The van der Waals surface area contributed by atoms with E-state index in [1.54, 1.807) is 18.2 Å². The van der Waals surface area contributed by atoms with Gasteiger partial charge in [0.1, 0.15) is 33.8 Å². The maximum atomic E-state index is 13.3. The second-order valence-corrected chi connectivity index (χ2v) is 24.8. The molecule has 4 aromatic carbocycles. The van der Waals surface area contributed by atoms with Crippen LogP contribution in [0, 0.1) is 58.2 Å². The van der Waals surface area contributed by atoms with Crippen molar-refractivity contribution in [1.82, 2.24) is 0 Å². The van der Waals surface area contributed by atoms with Gasteiger partial charge in [-0.1, -0.05) is 83.2 Å². The molecule has 4 aliphatic carbocycles. The van der Waals surface area contributed by atoms with Crippen molar-refractivity contribution in [2.45, 2.75) is 131 Å². The summed E-state index contributed by atoms with van der Waals surface area (Å²) in [6, 6.07) is 12.3. The molecule has 0 aromatic heterocycles. The number of rotatable bonds is 21. The fourth-order valence-corrected chi connectivity index (χ4v) is 16.3. The van der Waals surface area contributed by atoms with Crippen LogP contribution in [0.25, 0.3) is 16.7 Å². The standard InChI is InChI=1S/C64H78Cl2O12/c1-34(2)12-10-13-35(3)50-18-19-51-44-17-16-42-25-36(20-22-63(42,4)52(44)21-23-64(50,51)5)14-11-15-43(39-29-45(56(76-7)48(31-39)61(71)72)40-32-49(62(73)74)58(78-9)54(66)33-40)38-28-41(55(75-6)47(30-38)60(69)70)24-37-26-46(59(67)68)57(77-8)53(65)27-37/h15,26-36,42,44,50-52H,10-14,16-25H2,1-9H3,(H,67,68)(H,69,70)(H,71,72)(H,73,74)/b43-15-/t35?,36-,42-,44-,50+,51-,52-,63-,64+/m0/s1. The molecule has 0 bridgehead atoms. The van der Waals surface area contributed by atoms with Crippen LogP contribution in [0.2, 0.25) is 10.0 Å². The molecule has 420 valence electrons. The van der Waals surface area contributed by atoms with Gasteiger partial charge in [0.15, 0.2) is 11.5 Å². The van der Waals surface area contributed by atoms with Crippen LogP contribution in [0.1, 0.15) is 188 Å². The Morgan fingerprint density at radius 3 is 1.81 bits per heavy atom. The molecule has 4 aromatic rings. The van der Waals surface area contributed by atoms with Crippen molar-refractivity contribution in [1.29, 1.82) is 0 Å². The van der Waals surface area contributed by atoms with E-state index < -0.39 is 23.9 Å². The van der Waals surface area contributed by atoms with Crippen LogP contribution in [-0.2, 0) is 6.42 Å². The SMILES string of the molecule is COc1c(Cl)cc(Cc2cc(/C(=C/CC[C@H]3CC[C@@]4(C)[C@@H](CC[C@@H]5[C@@H]4CC[C@]4(C)[C@@H](C(C)CCCC(C)C)CC[C@@H]54)C3)c3cc(C(=O)O)c(OC)c(-c4cc(Cl)c(OC)c(C(=O)O)c4)c3)cc(C(=O)O)c2OC)cc1C(=O)O. The van der Waals surface area contributed by atoms with Crippen molar-refractivity contribution in [2.24, 2.45) is 58.2 Å². The lowest BCUT2D eigenvalue weighted by atomic mass is 9.44. The van der Waals surface area contributed by atoms with Crippen LogP contribution >= 0.6 is 23.2 Å². The van der Waals surface area contributed by atoms with Gasteiger partial charge in [-0.15, -0.1) is 0 Å². The zero-order valence-corrected chi connectivity index (χ0v) is 48.2. The highest BCUT2D eigenvalue weighted by molar-refractivity contribution is 6.33. The summed E-state index contributed by atoms with van der Waals surface area (Å²) in [5.41, 5.74) is 2.53. The number of aromatic carboxylic acids is 4. The molecule has 0 spiro atoms. The van der Waals surface area contributed by atoms with Crippen LogP contribution in [0.4, 0.5) is 0 Å². The maximum absolute atomic E-state index is 13.3. The predicted octanol–water partition coefficient (Wildman–Crippen LogP) is 16.0. The number of benzene rings is 4. The minimum atomic E-state index is -1.32. The number of halogens is 2. The molecule has 0 heterocycles. The van der Waals surface area contributed by atoms with Crippen LogP contribution in [0.5, 0.6) is 23.0 Å². The molecule has 1 unspecified atom stereocenters. The summed E-state index contributed by atoms with van der Waals surface area (Å²) in [7, 11) is 5.32. The van der Waals surface area contributed by atoms with E-state index in [1.165, 1.54) is 123 Å². The molecule has 4 aliphatic rings. The summed E-state index contributed by atoms with van der Waals surface area (Å²) in [5.74, 6) is 0.494. The first-order chi connectivity index (χ1) is 37.1. The van der Waals surface area contributed by atoms with Crippen LogP contribution in [0.15, 0.2) is 54.6 Å². The number of carboxylic acids is 4. The molecule has 4 N–H and O–H groups in total. The topological polar surface area (TPSA) is 186 Å². The number of fused-ring (bicyclic) bond motifs is 5. The molecule has 4 fully saturated rings. The molecule has 9 atom stereocenters. The molecule has 0 saturated heterocycles. The highest BCUT2D eigenvalue weighted by atomic mass is 35.5. The summed E-state index contributed by atoms with van der Waals surface area (Å²) in [5, 5.41) is 42.0. The van der Waals surface area contributed by atoms with Gasteiger partial charge in [0, 0.05) is 12.0 Å². The monoisotopic (exact) mass is 1110 g/mol. The van der Waals surface area contributed by atoms with Gasteiger partial charge in [0.05, 0.1) is 38.5 Å². The highest BCUT2D eigenvalue weighted by Crippen LogP contribution is 2.69. The first-order valence-corrected chi connectivity index (χ1v) is 28.7. The first-order valence-electron chi connectivity index (χ1n) is 27.9. The average Bonchev–Trinajstić information content (AvgIpc) is 3.92. The van der Waals surface area contributed by atoms with Crippen molar-refractivity contribution in [3.63, 3.8) is 0 Å². The van der Waals surface area contributed by atoms with Crippen LogP contribution in [-0.4, -0.2) is 72.7 Å². The maximum Gasteiger partial charge on any atom is 0.339 e. The van der Waals surface area contributed by atoms with E-state index in [0.29, 0.717) is 56.9 Å². The van der Waals surface area contributed by atoms with E-state index in [2.05, 4.69) is 34.6 Å². The molecule has 78 heavy (non-hydrogen) atoms. The van der Waals surface area contributed by atoms with Gasteiger partial charge < -0.3 is 39.4 Å². The molecule has 4 saturated carbocycles. The minimum Gasteiger partial charge on any atom is -0.496 e. The number of hydrogen-bond acceptors (Lipinski definition) is 8. The first kappa shape index (κ1) is 58.4. The number of allylic oxidation sites excluding steroid dienone is 1. The quantitative estimate of drug-likeness (QED) is 0.0620. The Kier molecular flexibility index (Phi) is 17.9. The Balaban J connectivity index is 1.16. The fraction of sp³-hybridized carbons (Fsp3) is 0.531. The van der Waals surface area contributed by atoms with E-state index in [9.17, 15) is 39.6 Å². The average molecular weight is 1110 g/mol. The number of methoxy groups -OCH3 is 4. The Morgan fingerprint density at radius 2 is 1.19 bits per heavy atom. The van der Waals surface area contributed by atoms with E-state index in [1.807, 2.05) is 6.08 Å². The summed E-state index contributed by atoms with van der Waals surface area (Å²) in [6.45, 7) is 12.5. The van der Waals surface area contributed by atoms with Gasteiger partial charge in [-0.3, -0.25) is 0 Å². The molecule has 14 heteroatoms. The van der Waals surface area contributed by atoms with Gasteiger partial charge in [-0.25, -0.2) is 19.2 Å². The Hall–Kier alpha value is -5.72. The van der Waals surface area contributed by atoms with Gasteiger partial charge in [-0.2, -0.15) is 0 Å². The summed E-state index contributed by atoms with van der Waals surface area (Å²) in [4.78, 5) is 51.5. The smallest absolute Gasteiger partial charge is 0.339 e. The van der Waals surface area contributed by atoms with Crippen molar-refractivity contribution >= 4 is 52.7 Å². The van der Waals surface area contributed by atoms with Crippen molar-refractivity contribution in [3.05, 3.63) is 109 Å². The zero-order valence-electron chi connectivity index (χ0n) is 46.7. The molecule has 0 aliphatic heterocycles. The second-order valence-electron chi connectivity index (χ2n) is 23.9. The third-order valence-electron chi connectivity index (χ3n) is 19.4. The van der Waals surface area contributed by atoms with E-state index in [4.69, 9.17) is 42.1 Å². The summed E-state index contributed by atoms with van der Waals surface area (Å²) < 4.78 is 22.2. The Labute approximate surface area is 469 Å².